The lowest BCUT2D eigenvalue weighted by Crippen LogP contribution is -2.31. The second kappa shape index (κ2) is 3.78. The van der Waals surface area contributed by atoms with Crippen LogP contribution in [-0.4, -0.2) is 12.1 Å². The van der Waals surface area contributed by atoms with Gasteiger partial charge in [-0.05, 0) is 5.92 Å². The molecule has 5 heteroatoms. The zero-order valence-electron chi connectivity index (χ0n) is 6.98. The van der Waals surface area contributed by atoms with Crippen molar-refractivity contribution in [1.82, 2.24) is 0 Å². The van der Waals surface area contributed by atoms with Crippen LogP contribution in [-0.2, 0) is 4.79 Å². The van der Waals surface area contributed by atoms with Crippen LogP contribution in [0.3, 0.4) is 0 Å². The molecule has 0 aliphatic rings. The molecular formula is C7H12F3NO. The van der Waals surface area contributed by atoms with Crippen LogP contribution < -0.4 is 5.73 Å². The van der Waals surface area contributed by atoms with Crippen molar-refractivity contribution >= 4 is 5.91 Å². The summed E-state index contributed by atoms with van der Waals surface area (Å²) >= 11 is 0. The second-order valence-corrected chi connectivity index (χ2v) is 3.07. The minimum absolute atomic E-state index is 0.371. The van der Waals surface area contributed by atoms with Crippen molar-refractivity contribution in [2.75, 3.05) is 0 Å². The van der Waals surface area contributed by atoms with Gasteiger partial charge in [0.2, 0.25) is 5.91 Å². The summed E-state index contributed by atoms with van der Waals surface area (Å²) < 4.78 is 35.5. The molecule has 0 fully saturated rings. The number of carbonyl (C=O) groups is 1. The lowest BCUT2D eigenvalue weighted by atomic mass is 9.92. The fraction of sp³-hybridized carbons (Fsp3) is 0.857. The largest absolute Gasteiger partial charge is 0.389 e. The number of hydrogen-bond donors (Lipinski definition) is 1. The number of rotatable bonds is 3. The highest BCUT2D eigenvalue weighted by molar-refractivity contribution is 5.76. The molecule has 0 saturated carbocycles. The molecule has 0 aromatic rings. The number of amides is 1. The number of nitrogens with two attached hydrogens (primary N) is 1. The van der Waals surface area contributed by atoms with Crippen LogP contribution in [0.2, 0.25) is 0 Å². The average molecular weight is 183 g/mol. The summed E-state index contributed by atoms with van der Waals surface area (Å²) in [6, 6.07) is 0. The normalized spacial score (nSPS) is 14.8. The van der Waals surface area contributed by atoms with E-state index in [9.17, 15) is 18.0 Å². The first kappa shape index (κ1) is 11.3. The van der Waals surface area contributed by atoms with E-state index in [1.165, 1.54) is 0 Å². The molecule has 72 valence electrons. The third-order valence-electron chi connectivity index (χ3n) is 1.62. The molecule has 0 unspecified atom stereocenters. The van der Waals surface area contributed by atoms with Crippen molar-refractivity contribution in [1.29, 1.82) is 0 Å². The highest BCUT2D eigenvalue weighted by Crippen LogP contribution is 2.28. The maximum Gasteiger partial charge on any atom is 0.389 e. The van der Waals surface area contributed by atoms with Gasteiger partial charge in [-0.1, -0.05) is 13.8 Å². The molecule has 0 aliphatic carbocycles. The Balaban J connectivity index is 4.25. The number of halogens is 3. The van der Waals surface area contributed by atoms with Crippen LogP contribution >= 0.6 is 0 Å². The maximum atomic E-state index is 11.8. The summed E-state index contributed by atoms with van der Waals surface area (Å²) in [5, 5.41) is 0. The predicted molar refractivity (Wildman–Crippen MR) is 38.2 cm³/mol. The van der Waals surface area contributed by atoms with Crippen LogP contribution in [0, 0.1) is 11.8 Å². The molecule has 0 rings (SSSR count). The molecule has 12 heavy (non-hydrogen) atoms. The van der Waals surface area contributed by atoms with E-state index in [-0.39, 0.29) is 5.92 Å². The smallest absolute Gasteiger partial charge is 0.369 e. The Morgan fingerprint density at radius 3 is 1.92 bits per heavy atom. The topological polar surface area (TPSA) is 43.1 Å². The van der Waals surface area contributed by atoms with Gasteiger partial charge in [0, 0.05) is 5.92 Å². The lowest BCUT2D eigenvalue weighted by molar-refractivity contribution is -0.156. The highest BCUT2D eigenvalue weighted by atomic mass is 19.4. The molecular weight excluding hydrogens is 171 g/mol. The Morgan fingerprint density at radius 1 is 1.42 bits per heavy atom. The molecule has 0 radical (unpaired) electrons. The van der Waals surface area contributed by atoms with Crippen molar-refractivity contribution in [3.05, 3.63) is 0 Å². The van der Waals surface area contributed by atoms with Crippen molar-refractivity contribution in [3.8, 4) is 0 Å². The van der Waals surface area contributed by atoms with Gasteiger partial charge in [0.1, 0.15) is 0 Å². The van der Waals surface area contributed by atoms with Crippen molar-refractivity contribution in [2.45, 2.75) is 26.4 Å². The SMILES string of the molecule is CC(C)[C@H](CC(F)(F)F)C(N)=O. The third-order valence-corrected chi connectivity index (χ3v) is 1.62. The Morgan fingerprint density at radius 2 is 1.83 bits per heavy atom. The quantitative estimate of drug-likeness (QED) is 0.710. The predicted octanol–water partition coefficient (Wildman–Crippen LogP) is 1.70. The molecule has 0 aliphatic heterocycles. The van der Waals surface area contributed by atoms with E-state index < -0.39 is 24.4 Å². The van der Waals surface area contributed by atoms with Gasteiger partial charge in [-0.3, -0.25) is 4.79 Å². The zero-order chi connectivity index (χ0) is 9.94. The van der Waals surface area contributed by atoms with Gasteiger partial charge in [0.25, 0.3) is 0 Å². The van der Waals surface area contributed by atoms with Crippen molar-refractivity contribution in [3.63, 3.8) is 0 Å². The average Bonchev–Trinajstić information content (AvgIpc) is 1.79. The van der Waals surface area contributed by atoms with Crippen LogP contribution in [0.4, 0.5) is 13.2 Å². The molecule has 2 N–H and O–H groups in total. The van der Waals surface area contributed by atoms with E-state index in [0.29, 0.717) is 0 Å². The van der Waals surface area contributed by atoms with E-state index in [2.05, 4.69) is 0 Å². The summed E-state index contributed by atoms with van der Waals surface area (Å²) in [5.41, 5.74) is 4.81. The second-order valence-electron chi connectivity index (χ2n) is 3.07. The minimum Gasteiger partial charge on any atom is -0.369 e. The molecule has 0 spiro atoms. The Kier molecular flexibility index (Phi) is 3.55. The van der Waals surface area contributed by atoms with Crippen LogP contribution in [0.25, 0.3) is 0 Å². The van der Waals surface area contributed by atoms with Crippen LogP contribution in [0.15, 0.2) is 0 Å². The molecule has 2 nitrogen and oxygen atoms in total. The van der Waals surface area contributed by atoms with E-state index >= 15 is 0 Å². The number of carbonyl (C=O) groups excluding carboxylic acids is 1. The van der Waals surface area contributed by atoms with Crippen LogP contribution in [0.5, 0.6) is 0 Å². The fourth-order valence-electron chi connectivity index (χ4n) is 0.914. The Hall–Kier alpha value is -0.740. The summed E-state index contributed by atoms with van der Waals surface area (Å²) in [6.07, 6.45) is -5.44. The van der Waals surface area contributed by atoms with Gasteiger partial charge in [0.15, 0.2) is 0 Å². The summed E-state index contributed by atoms with van der Waals surface area (Å²) in [5.74, 6) is -2.36. The van der Waals surface area contributed by atoms with E-state index in [4.69, 9.17) is 5.73 Å². The zero-order valence-corrected chi connectivity index (χ0v) is 6.98. The van der Waals surface area contributed by atoms with Gasteiger partial charge < -0.3 is 5.73 Å². The summed E-state index contributed by atoms with van der Waals surface area (Å²) in [6.45, 7) is 3.09. The van der Waals surface area contributed by atoms with E-state index in [1.54, 1.807) is 13.8 Å². The first-order chi connectivity index (χ1) is 5.24. The molecule has 1 amide bonds. The Bertz CT molecular complexity index is 165. The molecule has 1 atom stereocenters. The molecule has 0 saturated heterocycles. The Labute approximate surface area is 68.9 Å². The summed E-state index contributed by atoms with van der Waals surface area (Å²) in [7, 11) is 0. The molecule has 0 aromatic carbocycles. The standard InChI is InChI=1S/C7H12F3NO/c1-4(2)5(6(11)12)3-7(8,9)10/h4-5H,3H2,1-2H3,(H2,11,12)/t5-/m0/s1. The first-order valence-electron chi connectivity index (χ1n) is 3.60. The van der Waals surface area contributed by atoms with Crippen molar-refractivity contribution < 1.29 is 18.0 Å². The van der Waals surface area contributed by atoms with Gasteiger partial charge in [-0.2, -0.15) is 13.2 Å². The molecule has 0 bridgehead atoms. The fourth-order valence-corrected chi connectivity index (χ4v) is 0.914. The van der Waals surface area contributed by atoms with Crippen LogP contribution in [0.1, 0.15) is 20.3 Å². The monoisotopic (exact) mass is 183 g/mol. The molecule has 0 aromatic heterocycles. The molecule has 0 heterocycles. The van der Waals surface area contributed by atoms with Gasteiger partial charge in [0.05, 0.1) is 6.42 Å². The van der Waals surface area contributed by atoms with Crippen molar-refractivity contribution in [2.24, 2.45) is 17.6 Å². The first-order valence-corrected chi connectivity index (χ1v) is 3.60. The van der Waals surface area contributed by atoms with E-state index in [0.717, 1.165) is 0 Å². The maximum absolute atomic E-state index is 11.8. The minimum atomic E-state index is -4.32. The number of primary amides is 1. The lowest BCUT2D eigenvalue weighted by Gasteiger charge is -2.18. The van der Waals surface area contributed by atoms with Gasteiger partial charge in [-0.25, -0.2) is 0 Å². The van der Waals surface area contributed by atoms with Gasteiger partial charge in [-0.15, -0.1) is 0 Å². The highest BCUT2D eigenvalue weighted by Gasteiger charge is 2.35. The van der Waals surface area contributed by atoms with E-state index in [1.807, 2.05) is 0 Å². The van der Waals surface area contributed by atoms with Gasteiger partial charge >= 0.3 is 6.18 Å². The summed E-state index contributed by atoms with van der Waals surface area (Å²) in [4.78, 5) is 10.5. The number of alkyl halides is 3. The number of hydrogen-bond acceptors (Lipinski definition) is 1. The third kappa shape index (κ3) is 4.20.